The normalized spacial score (nSPS) is 17.0. The Morgan fingerprint density at radius 2 is 1.74 bits per heavy atom. The zero-order valence-corrected chi connectivity index (χ0v) is 14.3. The molecule has 4 heteroatoms. The van der Waals surface area contributed by atoms with Crippen molar-refractivity contribution in [3.8, 4) is 0 Å². The van der Waals surface area contributed by atoms with Gasteiger partial charge >= 0.3 is 0 Å². The van der Waals surface area contributed by atoms with Crippen LogP contribution in [0.15, 0.2) is 42.5 Å². The van der Waals surface area contributed by atoms with Gasteiger partial charge in [0.1, 0.15) is 0 Å². The van der Waals surface area contributed by atoms with Crippen molar-refractivity contribution in [2.75, 3.05) is 45.2 Å². The van der Waals surface area contributed by atoms with Crippen LogP contribution in [0, 0.1) is 6.92 Å². The smallest absolute Gasteiger partial charge is 0.0777 e. The lowest BCUT2D eigenvalue weighted by Gasteiger charge is -2.35. The van der Waals surface area contributed by atoms with Gasteiger partial charge in [-0.2, -0.15) is 0 Å². The van der Waals surface area contributed by atoms with Crippen LogP contribution in [-0.2, 0) is 0 Å². The highest BCUT2D eigenvalue weighted by atomic mass is 15.2. The molecule has 1 aromatic carbocycles. The van der Waals surface area contributed by atoms with Crippen molar-refractivity contribution in [2.24, 2.45) is 0 Å². The van der Waals surface area contributed by atoms with Crippen molar-refractivity contribution in [1.29, 1.82) is 0 Å². The van der Waals surface area contributed by atoms with E-state index in [2.05, 4.69) is 78.6 Å². The van der Waals surface area contributed by atoms with E-state index in [9.17, 15) is 0 Å². The molecule has 0 bridgehead atoms. The molecule has 1 saturated heterocycles. The lowest BCUT2D eigenvalue weighted by atomic mass is 9.99. The molecule has 2 heterocycles. The first-order valence-electron chi connectivity index (χ1n) is 8.31. The van der Waals surface area contributed by atoms with Gasteiger partial charge in [0.2, 0.25) is 0 Å². The third-order valence-electron chi connectivity index (χ3n) is 4.43. The van der Waals surface area contributed by atoms with E-state index >= 15 is 0 Å². The zero-order chi connectivity index (χ0) is 16.2. The molecule has 1 aliphatic rings. The first-order valence-corrected chi connectivity index (χ1v) is 8.31. The molecule has 1 unspecified atom stereocenters. The molecule has 1 aliphatic heterocycles. The molecule has 2 aromatic rings. The van der Waals surface area contributed by atoms with Crippen LogP contribution in [0.4, 0.5) is 5.69 Å². The molecule has 1 atom stereocenters. The fourth-order valence-electron chi connectivity index (χ4n) is 3.18. The minimum Gasteiger partial charge on any atom is -0.378 e. The topological polar surface area (TPSA) is 31.4 Å². The predicted molar refractivity (Wildman–Crippen MR) is 96.0 cm³/mol. The fraction of sp³-hybridized carbons (Fsp3) is 0.421. The van der Waals surface area contributed by atoms with Gasteiger partial charge in [0.15, 0.2) is 0 Å². The summed E-state index contributed by atoms with van der Waals surface area (Å²) in [4.78, 5) is 9.47. The summed E-state index contributed by atoms with van der Waals surface area (Å²) >= 11 is 0. The van der Waals surface area contributed by atoms with E-state index in [-0.39, 0.29) is 6.04 Å². The standard InChI is InChI=1S/C19H26N4/c1-15-5-4-6-18(21-15)19(23-13-11-20-12-14-23)16-7-9-17(10-8-16)22(2)3/h4-10,19-20H,11-14H2,1-3H3. The maximum atomic E-state index is 4.81. The van der Waals surface area contributed by atoms with Gasteiger partial charge < -0.3 is 10.2 Å². The maximum absolute atomic E-state index is 4.81. The Hall–Kier alpha value is -1.91. The van der Waals surface area contributed by atoms with E-state index < -0.39 is 0 Å². The van der Waals surface area contributed by atoms with E-state index in [4.69, 9.17) is 4.98 Å². The number of piperazine rings is 1. The summed E-state index contributed by atoms with van der Waals surface area (Å²) in [5.41, 5.74) is 4.76. The fourth-order valence-corrected chi connectivity index (χ4v) is 3.18. The minimum atomic E-state index is 0.230. The van der Waals surface area contributed by atoms with Crippen LogP contribution in [0.5, 0.6) is 0 Å². The summed E-state index contributed by atoms with van der Waals surface area (Å²) in [7, 11) is 4.15. The number of nitrogens with zero attached hydrogens (tertiary/aromatic N) is 3. The summed E-state index contributed by atoms with van der Waals surface area (Å²) in [6, 6.07) is 15.4. The van der Waals surface area contributed by atoms with E-state index in [1.807, 2.05) is 0 Å². The second-order valence-electron chi connectivity index (χ2n) is 6.38. The molecular weight excluding hydrogens is 284 g/mol. The molecule has 23 heavy (non-hydrogen) atoms. The van der Waals surface area contributed by atoms with Crippen LogP contribution in [0.1, 0.15) is 23.0 Å². The number of nitrogens with one attached hydrogen (secondary N) is 1. The summed E-state index contributed by atoms with van der Waals surface area (Å²) in [5.74, 6) is 0. The molecule has 0 amide bonds. The van der Waals surface area contributed by atoms with Crippen LogP contribution in [0.3, 0.4) is 0 Å². The Labute approximate surface area is 139 Å². The number of aryl methyl sites for hydroxylation is 1. The number of hydrogen-bond donors (Lipinski definition) is 1. The van der Waals surface area contributed by atoms with E-state index in [0.717, 1.165) is 37.6 Å². The van der Waals surface area contributed by atoms with Crippen molar-refractivity contribution in [3.63, 3.8) is 0 Å². The SMILES string of the molecule is Cc1cccc(C(c2ccc(N(C)C)cc2)N2CCNCC2)n1. The number of benzene rings is 1. The van der Waals surface area contributed by atoms with E-state index in [0.29, 0.717) is 0 Å². The third-order valence-corrected chi connectivity index (χ3v) is 4.43. The van der Waals surface area contributed by atoms with Crippen LogP contribution >= 0.6 is 0 Å². The number of anilines is 1. The summed E-state index contributed by atoms with van der Waals surface area (Å²) in [6.07, 6.45) is 0. The number of aromatic nitrogens is 1. The molecule has 1 fully saturated rings. The highest BCUT2D eigenvalue weighted by Crippen LogP contribution is 2.29. The molecule has 4 nitrogen and oxygen atoms in total. The van der Waals surface area contributed by atoms with Gasteiger partial charge in [0.05, 0.1) is 11.7 Å². The lowest BCUT2D eigenvalue weighted by molar-refractivity contribution is 0.195. The van der Waals surface area contributed by atoms with Crippen LogP contribution in [0.25, 0.3) is 0 Å². The highest BCUT2D eigenvalue weighted by Gasteiger charge is 2.25. The first kappa shape index (κ1) is 16.0. The van der Waals surface area contributed by atoms with Gasteiger partial charge in [-0.25, -0.2) is 0 Å². The zero-order valence-electron chi connectivity index (χ0n) is 14.3. The quantitative estimate of drug-likeness (QED) is 0.940. The predicted octanol–water partition coefficient (Wildman–Crippen LogP) is 2.45. The molecule has 0 spiro atoms. The van der Waals surface area contributed by atoms with E-state index in [1.54, 1.807) is 0 Å². The molecular formula is C19H26N4. The Morgan fingerprint density at radius 3 is 2.35 bits per heavy atom. The Bertz CT molecular complexity index is 630. The number of rotatable bonds is 4. The van der Waals surface area contributed by atoms with Crippen LogP contribution in [-0.4, -0.2) is 50.2 Å². The van der Waals surface area contributed by atoms with Crippen molar-refractivity contribution in [3.05, 3.63) is 59.4 Å². The van der Waals surface area contributed by atoms with Crippen molar-refractivity contribution >= 4 is 5.69 Å². The summed E-state index contributed by atoms with van der Waals surface area (Å²) < 4.78 is 0. The number of hydrogen-bond acceptors (Lipinski definition) is 4. The summed E-state index contributed by atoms with van der Waals surface area (Å²) in [6.45, 7) is 6.25. The van der Waals surface area contributed by atoms with Gasteiger partial charge in [-0.05, 0) is 36.8 Å². The average Bonchev–Trinajstić information content (AvgIpc) is 2.57. The van der Waals surface area contributed by atoms with Crippen molar-refractivity contribution in [2.45, 2.75) is 13.0 Å². The second kappa shape index (κ2) is 7.11. The number of pyridine rings is 1. The summed E-state index contributed by atoms with van der Waals surface area (Å²) in [5, 5.41) is 3.44. The molecule has 1 aromatic heterocycles. The Kier molecular flexibility index (Phi) is 4.94. The second-order valence-corrected chi connectivity index (χ2v) is 6.38. The van der Waals surface area contributed by atoms with Crippen LogP contribution < -0.4 is 10.2 Å². The third kappa shape index (κ3) is 3.71. The minimum absolute atomic E-state index is 0.230. The average molecular weight is 310 g/mol. The Balaban J connectivity index is 1.97. The molecule has 122 valence electrons. The molecule has 3 rings (SSSR count). The van der Waals surface area contributed by atoms with Crippen LogP contribution in [0.2, 0.25) is 0 Å². The Morgan fingerprint density at radius 1 is 1.04 bits per heavy atom. The van der Waals surface area contributed by atoms with Crippen molar-refractivity contribution in [1.82, 2.24) is 15.2 Å². The van der Waals surface area contributed by atoms with E-state index in [1.165, 1.54) is 11.3 Å². The maximum Gasteiger partial charge on any atom is 0.0777 e. The van der Waals surface area contributed by atoms with Crippen molar-refractivity contribution < 1.29 is 0 Å². The highest BCUT2D eigenvalue weighted by molar-refractivity contribution is 5.47. The molecule has 0 aliphatic carbocycles. The molecule has 1 N–H and O–H groups in total. The van der Waals surface area contributed by atoms with Gasteiger partial charge in [-0.3, -0.25) is 9.88 Å². The van der Waals surface area contributed by atoms with Gasteiger partial charge in [0.25, 0.3) is 0 Å². The van der Waals surface area contributed by atoms with Gasteiger partial charge in [-0.1, -0.05) is 18.2 Å². The lowest BCUT2D eigenvalue weighted by Crippen LogP contribution is -2.45. The monoisotopic (exact) mass is 310 g/mol. The molecule has 0 saturated carbocycles. The van der Waals surface area contributed by atoms with Gasteiger partial charge in [0, 0.05) is 51.7 Å². The van der Waals surface area contributed by atoms with Gasteiger partial charge in [-0.15, -0.1) is 0 Å². The molecule has 0 radical (unpaired) electrons. The largest absolute Gasteiger partial charge is 0.378 e. The first-order chi connectivity index (χ1) is 11.1.